The van der Waals surface area contributed by atoms with E-state index >= 15 is 0 Å². The minimum absolute atomic E-state index is 0.330. The number of benzene rings is 2. The van der Waals surface area contributed by atoms with Crippen LogP contribution in [-0.2, 0) is 41.4 Å². The summed E-state index contributed by atoms with van der Waals surface area (Å²) in [6.45, 7) is 18.9. The smallest absolute Gasteiger partial charge is 0.119 e. The van der Waals surface area contributed by atoms with E-state index in [-0.39, 0.29) is 18.3 Å². The van der Waals surface area contributed by atoms with Crippen molar-refractivity contribution in [1.29, 1.82) is 0 Å². The van der Waals surface area contributed by atoms with Crippen molar-refractivity contribution in [3.8, 4) is 5.75 Å². The molecule has 1 heterocycles. The van der Waals surface area contributed by atoms with Crippen LogP contribution < -0.4 is 4.74 Å². The largest absolute Gasteiger partial charge is 0.494 e. The summed E-state index contributed by atoms with van der Waals surface area (Å²) in [5.41, 5.74) is 4.09. The lowest BCUT2D eigenvalue weighted by Crippen LogP contribution is -2.58. The van der Waals surface area contributed by atoms with Gasteiger partial charge in [0.05, 0.1) is 26.4 Å². The third-order valence-electron chi connectivity index (χ3n) is 8.72. The second kappa shape index (κ2) is 24.3. The Hall–Kier alpha value is -1.97. The molecule has 8 heteroatoms. The van der Waals surface area contributed by atoms with E-state index < -0.39 is 12.2 Å². The monoisotopic (exact) mass is 702 g/mol. The van der Waals surface area contributed by atoms with Crippen molar-refractivity contribution in [3.05, 3.63) is 76.3 Å². The minimum atomic E-state index is -0.451. The molecule has 0 aromatic heterocycles. The van der Waals surface area contributed by atoms with Gasteiger partial charge in [0, 0.05) is 31.5 Å². The Bertz CT molecular complexity index is 1170. The van der Waals surface area contributed by atoms with Crippen molar-refractivity contribution in [2.45, 2.75) is 130 Å². The molecule has 2 aromatic carbocycles. The topological polar surface area (TPSA) is 64.6 Å². The number of unbranched alkanes of at least 4 members (excludes halogenated alkanes) is 4. The van der Waals surface area contributed by atoms with Gasteiger partial charge in [-0.3, -0.25) is 0 Å². The van der Waals surface area contributed by atoms with Crippen molar-refractivity contribution in [3.63, 3.8) is 0 Å². The van der Waals surface area contributed by atoms with Gasteiger partial charge >= 0.3 is 0 Å². The zero-order chi connectivity index (χ0) is 35.3. The number of hydrogen-bond acceptors (Lipinski definition) is 7. The molecule has 0 bridgehead atoms. The zero-order valence-electron chi connectivity index (χ0n) is 30.9. The Morgan fingerprint density at radius 2 is 1.35 bits per heavy atom. The molecule has 1 aliphatic rings. The summed E-state index contributed by atoms with van der Waals surface area (Å²) in [5, 5.41) is 0.685. The van der Waals surface area contributed by atoms with E-state index in [1.807, 2.05) is 25.1 Å². The van der Waals surface area contributed by atoms with Gasteiger partial charge in [0.1, 0.15) is 36.3 Å². The first-order chi connectivity index (χ1) is 24.0. The maximum atomic E-state index is 7.12. The van der Waals surface area contributed by atoms with Crippen molar-refractivity contribution in [1.82, 2.24) is 0 Å². The summed E-state index contributed by atoms with van der Waals surface area (Å²) in [5.74, 6) is 0.854. The summed E-state index contributed by atoms with van der Waals surface area (Å²) >= 11 is 7.02. The van der Waals surface area contributed by atoms with Crippen LogP contribution >= 0.6 is 11.6 Å². The SMILES string of the molecule is C=CCOCc1cc(Cl)c(Cc2ccc(OCC)cc2)cc1[C@@H]1O[C@H](COCCCC)[C@@H](OCCCC)[C@H](OCCCC)[C@H]1OCCCC. The van der Waals surface area contributed by atoms with Crippen LogP contribution in [0.1, 0.15) is 114 Å². The van der Waals surface area contributed by atoms with E-state index in [1.165, 1.54) is 0 Å². The summed E-state index contributed by atoms with van der Waals surface area (Å²) < 4.78 is 45.3. The Morgan fingerprint density at radius 1 is 0.735 bits per heavy atom. The second-order valence-corrected chi connectivity index (χ2v) is 13.2. The van der Waals surface area contributed by atoms with Gasteiger partial charge < -0.3 is 33.2 Å². The zero-order valence-corrected chi connectivity index (χ0v) is 31.6. The molecule has 49 heavy (non-hydrogen) atoms. The molecule has 3 rings (SSSR count). The van der Waals surface area contributed by atoms with Gasteiger partial charge in [-0.2, -0.15) is 0 Å². The van der Waals surface area contributed by atoms with E-state index in [0.717, 1.165) is 79.4 Å². The van der Waals surface area contributed by atoms with Crippen LogP contribution in [0.5, 0.6) is 5.75 Å². The molecular weight excluding hydrogens is 640 g/mol. The molecule has 0 saturated carbocycles. The molecule has 0 amide bonds. The fraction of sp³-hybridized carbons (Fsp3) is 0.659. The molecular formula is C41H63ClO7. The van der Waals surface area contributed by atoms with Crippen molar-refractivity contribution >= 4 is 11.6 Å². The van der Waals surface area contributed by atoms with Crippen LogP contribution in [0.3, 0.4) is 0 Å². The van der Waals surface area contributed by atoms with Crippen molar-refractivity contribution < 1.29 is 33.2 Å². The molecule has 1 saturated heterocycles. The van der Waals surface area contributed by atoms with Gasteiger partial charge in [-0.15, -0.1) is 6.58 Å². The highest BCUT2D eigenvalue weighted by Crippen LogP contribution is 2.41. The molecule has 1 aliphatic heterocycles. The van der Waals surface area contributed by atoms with E-state index in [2.05, 4.69) is 52.5 Å². The average Bonchev–Trinajstić information content (AvgIpc) is 3.10. The Labute approximate surface area is 301 Å². The predicted octanol–water partition coefficient (Wildman–Crippen LogP) is 9.84. The molecule has 0 unspecified atom stereocenters. The predicted molar refractivity (Wildman–Crippen MR) is 199 cm³/mol. The Kier molecular flexibility index (Phi) is 20.5. The highest BCUT2D eigenvalue weighted by molar-refractivity contribution is 6.31. The minimum Gasteiger partial charge on any atom is -0.494 e. The van der Waals surface area contributed by atoms with Gasteiger partial charge in [0.15, 0.2) is 0 Å². The Morgan fingerprint density at radius 3 is 1.96 bits per heavy atom. The molecule has 7 nitrogen and oxygen atoms in total. The molecule has 0 spiro atoms. The van der Waals surface area contributed by atoms with Gasteiger partial charge in [-0.05, 0) is 79.5 Å². The first kappa shape index (κ1) is 41.5. The molecule has 0 N–H and O–H groups in total. The summed E-state index contributed by atoms with van der Waals surface area (Å²) in [6, 6.07) is 12.4. The number of ether oxygens (including phenoxy) is 7. The third-order valence-corrected chi connectivity index (χ3v) is 9.07. The lowest BCUT2D eigenvalue weighted by atomic mass is 9.87. The highest BCUT2D eigenvalue weighted by Gasteiger charge is 2.49. The molecule has 5 atom stereocenters. The van der Waals surface area contributed by atoms with Gasteiger partial charge in [0.2, 0.25) is 0 Å². The van der Waals surface area contributed by atoms with Crippen LogP contribution in [0.15, 0.2) is 49.1 Å². The van der Waals surface area contributed by atoms with Gasteiger partial charge in [-0.1, -0.05) is 89.3 Å². The van der Waals surface area contributed by atoms with E-state index in [4.69, 9.17) is 44.8 Å². The molecule has 0 aliphatic carbocycles. The highest BCUT2D eigenvalue weighted by atomic mass is 35.5. The molecule has 1 fully saturated rings. The first-order valence-electron chi connectivity index (χ1n) is 18.8. The normalized spacial score (nSPS) is 20.8. The van der Waals surface area contributed by atoms with Crippen LogP contribution in [-0.4, -0.2) is 70.7 Å². The third kappa shape index (κ3) is 13.6. The lowest BCUT2D eigenvalue weighted by Gasteiger charge is -2.47. The van der Waals surface area contributed by atoms with Crippen molar-refractivity contribution in [2.24, 2.45) is 0 Å². The summed E-state index contributed by atoms with van der Waals surface area (Å²) in [7, 11) is 0. The number of halogens is 1. The maximum absolute atomic E-state index is 7.12. The summed E-state index contributed by atoms with van der Waals surface area (Å²) in [4.78, 5) is 0. The van der Waals surface area contributed by atoms with E-state index in [1.54, 1.807) is 6.08 Å². The number of rotatable bonds is 26. The van der Waals surface area contributed by atoms with Crippen LogP contribution in [0.4, 0.5) is 0 Å². The van der Waals surface area contributed by atoms with E-state index in [0.29, 0.717) is 64.3 Å². The number of hydrogen-bond donors (Lipinski definition) is 0. The Balaban J connectivity index is 2.11. The van der Waals surface area contributed by atoms with E-state index in [9.17, 15) is 0 Å². The van der Waals surface area contributed by atoms with Crippen LogP contribution in [0, 0.1) is 0 Å². The average molecular weight is 703 g/mol. The van der Waals surface area contributed by atoms with Crippen LogP contribution in [0.25, 0.3) is 0 Å². The molecule has 276 valence electrons. The first-order valence-corrected chi connectivity index (χ1v) is 19.2. The fourth-order valence-corrected chi connectivity index (χ4v) is 6.21. The van der Waals surface area contributed by atoms with Crippen molar-refractivity contribution in [2.75, 3.05) is 46.2 Å². The second-order valence-electron chi connectivity index (χ2n) is 12.8. The fourth-order valence-electron chi connectivity index (χ4n) is 5.96. The molecule has 2 aromatic rings. The van der Waals surface area contributed by atoms with Gasteiger partial charge in [-0.25, -0.2) is 0 Å². The quantitative estimate of drug-likeness (QED) is 0.0714. The van der Waals surface area contributed by atoms with Crippen LogP contribution in [0.2, 0.25) is 5.02 Å². The summed E-state index contributed by atoms with van der Waals surface area (Å²) in [6.07, 6.45) is 8.57. The lowest BCUT2D eigenvalue weighted by molar-refractivity contribution is -0.268. The standard InChI is InChI=1S/C41H63ClO7/c1-7-13-22-44-30-37-39(46-23-14-8-2)41(48-25-16-10-4)40(47-24-15-9-3)38(49-37)35-27-32(36(42)28-33(35)29-43-21-11-5)26-31-17-19-34(20-18-31)45-12-6/h11,17-20,27-28,37-41H,5,7-10,12-16,21-26,29-30H2,1-4,6H3/t37-,38+,39-,40+,41+/m1/s1. The van der Waals surface area contributed by atoms with Gasteiger partial charge in [0.25, 0.3) is 0 Å². The maximum Gasteiger partial charge on any atom is 0.119 e. The molecule has 0 radical (unpaired) electrons.